The van der Waals surface area contributed by atoms with Crippen LogP contribution in [0.5, 0.6) is 0 Å². The fourth-order valence-electron chi connectivity index (χ4n) is 2.10. The minimum absolute atomic E-state index is 0.0587. The van der Waals surface area contributed by atoms with Crippen LogP contribution in [-0.4, -0.2) is 33.8 Å². The summed E-state index contributed by atoms with van der Waals surface area (Å²) in [6, 6.07) is 7.30. The average molecular weight is 311 g/mol. The van der Waals surface area contributed by atoms with E-state index in [0.29, 0.717) is 5.56 Å². The highest BCUT2D eigenvalue weighted by atomic mass is 32.2. The van der Waals surface area contributed by atoms with Gasteiger partial charge in [0.15, 0.2) is 0 Å². The molecule has 1 aliphatic rings. The summed E-state index contributed by atoms with van der Waals surface area (Å²) < 4.78 is 37.5. The Labute approximate surface area is 127 Å². The number of benzene rings is 1. The first-order valence-corrected chi connectivity index (χ1v) is 8.57. The van der Waals surface area contributed by atoms with Gasteiger partial charge in [0.25, 0.3) is 0 Å². The Bertz CT molecular complexity index is 612. The highest BCUT2D eigenvalue weighted by molar-refractivity contribution is 7.88. The molecule has 0 spiro atoms. The number of nitrogens with one attached hydrogen (secondary N) is 1. The summed E-state index contributed by atoms with van der Waals surface area (Å²) >= 11 is 0. The summed E-state index contributed by atoms with van der Waals surface area (Å²) in [4.78, 5) is 0. The fourth-order valence-corrected chi connectivity index (χ4v) is 2.86. The summed E-state index contributed by atoms with van der Waals surface area (Å²) in [6.45, 7) is 7.95. The molecule has 7 heteroatoms. The van der Waals surface area contributed by atoms with Crippen molar-refractivity contribution in [3.05, 3.63) is 29.8 Å². The molecule has 1 aromatic carbocycles. The van der Waals surface area contributed by atoms with Crippen molar-refractivity contribution >= 4 is 22.6 Å². The molecular formula is C14H22BNO4S. The van der Waals surface area contributed by atoms with Crippen LogP contribution < -0.4 is 10.2 Å². The zero-order chi connectivity index (χ0) is 15.9. The third-order valence-corrected chi connectivity index (χ3v) is 5.48. The second-order valence-corrected chi connectivity index (χ2v) is 8.22. The van der Waals surface area contributed by atoms with Crippen LogP contribution in [0.2, 0.25) is 0 Å². The summed E-state index contributed by atoms with van der Waals surface area (Å²) in [5, 5.41) is 0. The summed E-state index contributed by atoms with van der Waals surface area (Å²) in [7, 11) is -2.36. The SMILES string of the molecule is CNS(=O)(=O)Cc1cccc(B2OC(C)(C)C(C)(C)O2)c1. The van der Waals surface area contributed by atoms with Crippen LogP contribution in [0.3, 0.4) is 0 Å². The molecule has 0 aromatic heterocycles. The van der Waals surface area contributed by atoms with Gasteiger partial charge in [-0.25, -0.2) is 13.1 Å². The van der Waals surface area contributed by atoms with E-state index in [1.807, 2.05) is 45.9 Å². The van der Waals surface area contributed by atoms with Crippen LogP contribution in [0.15, 0.2) is 24.3 Å². The summed E-state index contributed by atoms with van der Waals surface area (Å²) in [5.74, 6) is -0.0587. The lowest BCUT2D eigenvalue weighted by Gasteiger charge is -2.32. The quantitative estimate of drug-likeness (QED) is 0.844. The van der Waals surface area contributed by atoms with Crippen LogP contribution in [0.4, 0.5) is 0 Å². The molecule has 0 bridgehead atoms. The van der Waals surface area contributed by atoms with E-state index in [-0.39, 0.29) is 5.75 Å². The molecule has 1 aromatic rings. The maximum Gasteiger partial charge on any atom is 0.494 e. The molecule has 0 saturated carbocycles. The first-order chi connectivity index (χ1) is 9.56. The van der Waals surface area contributed by atoms with Crippen molar-refractivity contribution in [2.45, 2.75) is 44.6 Å². The molecule has 1 heterocycles. The number of sulfonamides is 1. The maximum atomic E-state index is 11.6. The first kappa shape index (κ1) is 16.5. The van der Waals surface area contributed by atoms with Crippen molar-refractivity contribution in [2.24, 2.45) is 0 Å². The molecule has 1 aliphatic heterocycles. The first-order valence-electron chi connectivity index (χ1n) is 6.92. The number of rotatable bonds is 4. The average Bonchev–Trinajstić information content (AvgIpc) is 2.58. The standard InChI is InChI=1S/C14H22BNO4S/c1-13(2)14(3,4)20-15(19-13)12-8-6-7-11(9-12)10-21(17,18)16-5/h6-9,16H,10H2,1-5H3. The summed E-state index contributed by atoms with van der Waals surface area (Å²) in [6.07, 6.45) is 0. The van der Waals surface area contributed by atoms with E-state index in [2.05, 4.69) is 4.72 Å². The molecule has 0 radical (unpaired) electrons. The van der Waals surface area contributed by atoms with E-state index in [1.165, 1.54) is 7.05 Å². The van der Waals surface area contributed by atoms with Gasteiger partial charge < -0.3 is 9.31 Å². The molecule has 116 valence electrons. The van der Waals surface area contributed by atoms with Crippen molar-refractivity contribution in [3.63, 3.8) is 0 Å². The topological polar surface area (TPSA) is 64.6 Å². The van der Waals surface area contributed by atoms with Crippen LogP contribution in [0.25, 0.3) is 0 Å². The Morgan fingerprint density at radius 3 is 2.24 bits per heavy atom. The molecule has 2 rings (SSSR count). The van der Waals surface area contributed by atoms with E-state index in [9.17, 15) is 8.42 Å². The van der Waals surface area contributed by atoms with Crippen LogP contribution in [0, 0.1) is 0 Å². The highest BCUT2D eigenvalue weighted by Gasteiger charge is 2.51. The lowest BCUT2D eigenvalue weighted by Crippen LogP contribution is -2.41. The zero-order valence-corrected chi connectivity index (χ0v) is 14.0. The molecule has 1 fully saturated rings. The zero-order valence-electron chi connectivity index (χ0n) is 13.1. The normalized spacial score (nSPS) is 20.7. The Morgan fingerprint density at radius 1 is 1.14 bits per heavy atom. The van der Waals surface area contributed by atoms with Gasteiger partial charge in [-0.05, 0) is 45.8 Å². The second-order valence-electron chi connectivity index (χ2n) is 6.30. The lowest BCUT2D eigenvalue weighted by molar-refractivity contribution is 0.00578. The Balaban J connectivity index is 2.24. The number of hydrogen-bond acceptors (Lipinski definition) is 4. The van der Waals surface area contributed by atoms with Crippen molar-refractivity contribution < 1.29 is 17.7 Å². The molecule has 0 aliphatic carbocycles. The van der Waals surface area contributed by atoms with Gasteiger partial charge in [0.2, 0.25) is 10.0 Å². The highest BCUT2D eigenvalue weighted by Crippen LogP contribution is 2.36. The van der Waals surface area contributed by atoms with Gasteiger partial charge in [0.05, 0.1) is 17.0 Å². The van der Waals surface area contributed by atoms with Gasteiger partial charge in [-0.1, -0.05) is 24.3 Å². The van der Waals surface area contributed by atoms with Crippen LogP contribution >= 0.6 is 0 Å². The van der Waals surface area contributed by atoms with Crippen LogP contribution in [0.1, 0.15) is 33.3 Å². The Kier molecular flexibility index (Phi) is 4.23. The molecule has 0 atom stereocenters. The lowest BCUT2D eigenvalue weighted by atomic mass is 9.78. The molecule has 0 amide bonds. The van der Waals surface area contributed by atoms with Crippen molar-refractivity contribution in [3.8, 4) is 0 Å². The molecular weight excluding hydrogens is 289 g/mol. The van der Waals surface area contributed by atoms with E-state index in [4.69, 9.17) is 9.31 Å². The van der Waals surface area contributed by atoms with E-state index < -0.39 is 28.3 Å². The third kappa shape index (κ3) is 3.48. The van der Waals surface area contributed by atoms with E-state index in [0.717, 1.165) is 5.46 Å². The van der Waals surface area contributed by atoms with E-state index in [1.54, 1.807) is 6.07 Å². The van der Waals surface area contributed by atoms with Gasteiger partial charge in [-0.15, -0.1) is 0 Å². The predicted octanol–water partition coefficient (Wildman–Crippen LogP) is 1.03. The van der Waals surface area contributed by atoms with Crippen LogP contribution in [-0.2, 0) is 25.1 Å². The molecule has 1 saturated heterocycles. The van der Waals surface area contributed by atoms with Crippen molar-refractivity contribution in [2.75, 3.05) is 7.05 Å². The molecule has 5 nitrogen and oxygen atoms in total. The monoisotopic (exact) mass is 311 g/mol. The van der Waals surface area contributed by atoms with Gasteiger partial charge in [-0.2, -0.15) is 0 Å². The minimum Gasteiger partial charge on any atom is -0.399 e. The fraction of sp³-hybridized carbons (Fsp3) is 0.571. The second kappa shape index (κ2) is 5.39. The Morgan fingerprint density at radius 2 is 1.71 bits per heavy atom. The molecule has 21 heavy (non-hydrogen) atoms. The van der Waals surface area contributed by atoms with Gasteiger partial charge in [0.1, 0.15) is 0 Å². The smallest absolute Gasteiger partial charge is 0.399 e. The Hall–Kier alpha value is -0.885. The molecule has 0 unspecified atom stereocenters. The summed E-state index contributed by atoms with van der Waals surface area (Å²) in [5.41, 5.74) is 0.712. The van der Waals surface area contributed by atoms with Gasteiger partial charge in [0, 0.05) is 0 Å². The minimum atomic E-state index is -3.29. The predicted molar refractivity (Wildman–Crippen MR) is 83.8 cm³/mol. The third-order valence-electron chi connectivity index (χ3n) is 4.14. The van der Waals surface area contributed by atoms with Gasteiger partial charge >= 0.3 is 7.12 Å². The van der Waals surface area contributed by atoms with Gasteiger partial charge in [-0.3, -0.25) is 0 Å². The van der Waals surface area contributed by atoms with E-state index >= 15 is 0 Å². The largest absolute Gasteiger partial charge is 0.494 e. The number of hydrogen-bond donors (Lipinski definition) is 1. The van der Waals surface area contributed by atoms with Crippen molar-refractivity contribution in [1.82, 2.24) is 4.72 Å². The van der Waals surface area contributed by atoms with Crippen molar-refractivity contribution in [1.29, 1.82) is 0 Å². The molecule has 1 N–H and O–H groups in total. The maximum absolute atomic E-state index is 11.6.